The molecule has 0 radical (unpaired) electrons. The summed E-state index contributed by atoms with van der Waals surface area (Å²) in [5.41, 5.74) is -13.6. The highest BCUT2D eigenvalue weighted by Gasteiger charge is 2.53. The molecule has 0 bridgehead atoms. The monoisotopic (exact) mass is 2050 g/mol. The number of H-pyrrole nitrogens is 7. The average molecular weight is 2050 g/mol. The minimum Gasteiger partial charge on any atom is -0.394 e. The normalized spacial score (nSPS) is 30.8. The van der Waals surface area contributed by atoms with Gasteiger partial charge < -0.3 is 72.7 Å². The number of aliphatic hydroxyl groups is 2. The predicted molar refractivity (Wildman–Crippen MR) is 424 cm³/mol. The maximum Gasteiger partial charge on any atom is 0.472 e. The first-order valence-corrected chi connectivity index (χ1v) is 48.2. The minimum absolute atomic E-state index is 0.281. The first-order chi connectivity index (χ1) is 61.7. The number of phosphoric ester groups is 6. The molecule has 718 valence electrons. The lowest BCUT2D eigenvalue weighted by molar-refractivity contribution is -0.0661. The van der Waals surface area contributed by atoms with E-state index in [-0.39, 0.29) is 10.9 Å². The van der Waals surface area contributed by atoms with E-state index in [1.54, 1.807) is 0 Å². The largest absolute Gasteiger partial charge is 0.472 e. The molecule has 7 aromatic heterocycles. The zero-order valence-electron chi connectivity index (χ0n) is 66.2. The second-order valence-electron chi connectivity index (χ2n) is 29.5. The van der Waals surface area contributed by atoms with Crippen LogP contribution < -0.4 is 78.7 Å². The van der Waals surface area contributed by atoms with Gasteiger partial charge in [-0.25, -0.2) is 61.0 Å². The quantitative estimate of drug-likeness (QED) is 0.0161. The van der Waals surface area contributed by atoms with Crippen LogP contribution in [0.5, 0.6) is 0 Å². The van der Waals surface area contributed by atoms with Crippen molar-refractivity contribution in [2.24, 2.45) is 0 Å². The summed E-state index contributed by atoms with van der Waals surface area (Å²) in [5, 5.41) is 20.8. The fraction of sp³-hybridized carbons (Fsp3) is 0.556. The SMILES string of the molecule is O=c1ccn([C@H]2C[C@H](OP(=O)(O)OC[C@H]3O[C@@H](n4ccc(=O)[nH]c4=O)C[C@@H]3OP(=O)(O)OC[C@H]3O[C@@H](n4ccc(=O)[nH]c4=O)C[C@@H]3OP(=O)(O)OC[C@H]3O[C@@H](n4ccc(=O)[nH]c4=O)C[C@@H]3OP(=O)(O)OC[C@H]3O[C@@H](n4cc(Br)c(=O)[nH]c4=O)C[C@@H]3OP(=O)(O)OC[C@H]3O[C@@H](n4ccc(=O)[nH]c4=O)C[C@@H]3OP(=O)(O)OC[C@H]3O[C@@H](n4ccc(=O)[nH]c4=O)C[C@@H]3O)[C@@H](CO)O2)c(=O)[nH]1. The second-order valence-corrected chi connectivity index (χ2v) is 38.8. The number of aromatic nitrogens is 14. The fourth-order valence-electron chi connectivity index (χ4n) is 14.7. The number of nitrogens with one attached hydrogen (secondary N) is 7. The predicted octanol–water partition coefficient (Wildman–Crippen LogP) is -5.02. The number of halogens is 1. The summed E-state index contributed by atoms with van der Waals surface area (Å²) in [6.45, 7) is -7.79. The lowest BCUT2D eigenvalue weighted by Crippen LogP contribution is -2.33. The minimum atomic E-state index is -5.77. The molecule has 0 spiro atoms. The Morgan fingerprint density at radius 3 is 0.718 bits per heavy atom. The topological polar surface area (TPSA) is 824 Å². The average Bonchev–Trinajstić information content (AvgIpc) is 1.65. The van der Waals surface area contributed by atoms with Crippen molar-refractivity contribution in [2.45, 2.75) is 174 Å². The highest BCUT2D eigenvalue weighted by atomic mass is 79.9. The molecule has 131 heavy (non-hydrogen) atoms. The molecule has 0 aromatic carbocycles. The van der Waals surface area contributed by atoms with Crippen molar-refractivity contribution in [1.82, 2.24) is 66.9 Å². The number of aromatic amines is 7. The Balaban J connectivity index is 0.648. The Morgan fingerprint density at radius 1 is 0.298 bits per heavy atom. The van der Waals surface area contributed by atoms with E-state index < -0.39 is 340 Å². The molecule has 7 aromatic rings. The van der Waals surface area contributed by atoms with Crippen molar-refractivity contribution >= 4 is 62.9 Å². The first kappa shape index (κ1) is 98.5. The number of aliphatic hydroxyl groups excluding tert-OH is 2. The van der Waals surface area contributed by atoms with E-state index >= 15 is 0 Å². The Bertz CT molecular complexity index is 6620. The Kier molecular flexibility index (Phi) is 30.3. The third kappa shape index (κ3) is 24.6. The van der Waals surface area contributed by atoms with Crippen molar-refractivity contribution in [3.63, 3.8) is 0 Å². The third-order valence-corrected chi connectivity index (χ3v) is 27.3. The number of nitrogens with zero attached hydrogens (tertiary/aromatic N) is 7. The Labute approximate surface area is 731 Å². The summed E-state index contributed by atoms with van der Waals surface area (Å²) in [5.74, 6) is 0. The summed E-state index contributed by atoms with van der Waals surface area (Å²) in [4.78, 5) is 257. The molecule has 0 aliphatic carbocycles. The molecule has 27 atom stereocenters. The molecule has 61 nitrogen and oxygen atoms in total. The lowest BCUT2D eigenvalue weighted by Gasteiger charge is -2.26. The maximum atomic E-state index is 14.3. The summed E-state index contributed by atoms with van der Waals surface area (Å²) in [6.07, 6.45) is -32.2. The van der Waals surface area contributed by atoms with Crippen LogP contribution in [-0.2, 0) is 115 Å². The van der Waals surface area contributed by atoms with Crippen molar-refractivity contribution in [3.8, 4) is 0 Å². The second kappa shape index (κ2) is 40.2. The van der Waals surface area contributed by atoms with Gasteiger partial charge in [-0.15, -0.1) is 0 Å². The Hall–Kier alpha value is -8.46. The summed E-state index contributed by atoms with van der Waals surface area (Å²) >= 11 is 2.97. The van der Waals surface area contributed by atoms with Crippen LogP contribution in [-0.4, -0.2) is 238 Å². The van der Waals surface area contributed by atoms with E-state index in [2.05, 4.69) is 15.9 Å². The van der Waals surface area contributed by atoms with Crippen molar-refractivity contribution < 1.29 is 154 Å². The van der Waals surface area contributed by atoms with Crippen LogP contribution in [0.3, 0.4) is 0 Å². The van der Waals surface area contributed by atoms with E-state index in [9.17, 15) is 134 Å². The van der Waals surface area contributed by atoms with E-state index in [4.69, 9.17) is 87.4 Å². The number of hydrogen-bond acceptors (Lipinski definition) is 41. The van der Waals surface area contributed by atoms with Crippen molar-refractivity contribution in [2.75, 3.05) is 46.2 Å². The van der Waals surface area contributed by atoms with Gasteiger partial charge in [-0.1, -0.05) is 0 Å². The molecule has 7 saturated heterocycles. The molecule has 0 amide bonds. The van der Waals surface area contributed by atoms with Gasteiger partial charge in [0.15, 0.2) is 0 Å². The van der Waals surface area contributed by atoms with Gasteiger partial charge >= 0.3 is 86.8 Å². The molecular formula is C63H77BrN14O47P6. The maximum absolute atomic E-state index is 14.3. The molecule has 0 saturated carbocycles. The third-order valence-electron chi connectivity index (χ3n) is 20.7. The van der Waals surface area contributed by atoms with Crippen LogP contribution in [0.25, 0.3) is 0 Å². The van der Waals surface area contributed by atoms with E-state index in [1.807, 2.05) is 34.9 Å². The standard InChI is InChI=1S/C63H77BrN14O47P6/c64-28-20-78(63(94)71-56(28)87)55-19-35(125-131(105,106)111-24-39-31(15-51(116-39)74-9-3-45(83)67-59(74)90)121-126(95,96)107-22-37-29(80)13-49(114-37)72-7-1-43(81)65-57(72)88)42(119-55)27-112-130(103,104)124-34-18-54(77-12-6-48(86)70-62(77)93)118-41(34)26-110-129(101,102)123-33-17-53(76-11-5-47(85)69-61(76)92)117-40(33)25-109-128(99,100)122-32-16-52(75-10-4-46(84)68-60(75)91)115-38(32)23-108-127(97,98)120-30-14-50(113-36(30)21-79)73-8-2-44(82)66-58(73)89/h1-12,20,29-42,49-55,79-80H,13-19,21-27H2,(H,95,96)(H,97,98)(H,99,100)(H,101,102)(H,103,104)(H,105,106)(H,65,81,88)(H,66,82,89)(H,67,83,90)(H,68,84,91)(H,69,85,92)(H,70,86,93)(H,71,87,94)/t29-,30-,31-,32-,33-,34-,35-,36+,37+,38+,39+,40+,41+,42+,49+,50+,51+,52+,53+,54+,55+/m0/s1. The van der Waals surface area contributed by atoms with E-state index in [0.717, 1.165) is 112 Å². The molecule has 15 N–H and O–H groups in total. The van der Waals surface area contributed by atoms with Crippen molar-refractivity contribution in [3.05, 3.63) is 230 Å². The van der Waals surface area contributed by atoms with Crippen LogP contribution in [0.2, 0.25) is 0 Å². The molecule has 14 rings (SSSR count). The van der Waals surface area contributed by atoms with Gasteiger partial charge in [-0.05, 0) is 15.9 Å². The fourth-order valence-corrected chi connectivity index (χ4v) is 20.7. The van der Waals surface area contributed by atoms with Gasteiger partial charge in [0, 0.05) is 125 Å². The molecular weight excluding hydrogens is 1970 g/mol. The molecule has 14 heterocycles. The Morgan fingerprint density at radius 2 is 0.489 bits per heavy atom. The lowest BCUT2D eigenvalue weighted by atomic mass is 10.2. The number of phosphoric acid groups is 6. The summed E-state index contributed by atoms with van der Waals surface area (Å²) in [6, 6.07) is 5.42. The van der Waals surface area contributed by atoms with E-state index in [0.29, 0.717) is 0 Å². The molecule has 7 aliphatic rings. The van der Waals surface area contributed by atoms with Crippen LogP contribution in [0.15, 0.2) is 151 Å². The van der Waals surface area contributed by atoms with Crippen LogP contribution in [0.1, 0.15) is 88.5 Å². The van der Waals surface area contributed by atoms with Crippen molar-refractivity contribution in [1.29, 1.82) is 0 Å². The van der Waals surface area contributed by atoms with Crippen LogP contribution in [0, 0.1) is 0 Å². The molecule has 6 unspecified atom stereocenters. The van der Waals surface area contributed by atoms with Crippen LogP contribution >= 0.6 is 62.9 Å². The zero-order chi connectivity index (χ0) is 94.3. The number of hydrogen-bond donors (Lipinski definition) is 15. The van der Waals surface area contributed by atoms with Gasteiger partial charge in [0.05, 0.1) is 56.8 Å². The zero-order valence-corrected chi connectivity index (χ0v) is 73.2. The molecule has 68 heteroatoms. The van der Waals surface area contributed by atoms with Gasteiger partial charge in [-0.3, -0.25) is 155 Å². The molecule has 7 fully saturated rings. The summed E-state index contributed by atoms with van der Waals surface area (Å²) < 4.78 is 195. The van der Waals surface area contributed by atoms with Gasteiger partial charge in [0.25, 0.3) is 38.9 Å². The summed E-state index contributed by atoms with van der Waals surface area (Å²) in [7, 11) is -33.7. The molecule has 7 aliphatic heterocycles. The number of rotatable bonds is 38. The van der Waals surface area contributed by atoms with Gasteiger partial charge in [0.1, 0.15) is 123 Å². The first-order valence-electron chi connectivity index (χ1n) is 38.4. The van der Waals surface area contributed by atoms with Gasteiger partial charge in [-0.2, -0.15) is 0 Å². The highest BCUT2D eigenvalue weighted by molar-refractivity contribution is 9.10. The highest BCUT2D eigenvalue weighted by Crippen LogP contribution is 2.57. The van der Waals surface area contributed by atoms with Crippen LogP contribution in [0.4, 0.5) is 0 Å². The van der Waals surface area contributed by atoms with E-state index in [1.165, 1.54) is 0 Å². The number of ether oxygens (including phenoxy) is 7. The van der Waals surface area contributed by atoms with Gasteiger partial charge in [0.2, 0.25) is 0 Å². The smallest absolute Gasteiger partial charge is 0.394 e.